The van der Waals surface area contributed by atoms with Gasteiger partial charge in [-0.05, 0) is 36.4 Å². The molecule has 1 N–H and O–H groups in total. The third-order valence-corrected chi connectivity index (χ3v) is 1.98. The van der Waals surface area contributed by atoms with Crippen LogP contribution in [0.5, 0.6) is 17.2 Å². The van der Waals surface area contributed by atoms with Gasteiger partial charge >= 0.3 is 0 Å². The van der Waals surface area contributed by atoms with E-state index in [0.29, 0.717) is 0 Å². The van der Waals surface area contributed by atoms with Crippen LogP contribution in [-0.2, 0) is 0 Å². The van der Waals surface area contributed by atoms with Gasteiger partial charge in [0.1, 0.15) is 11.5 Å². The Morgan fingerprint density at radius 3 is 2.00 bits per heavy atom. The molecule has 0 saturated heterocycles. The molecule has 0 spiro atoms. The molecular formula is C12H8F2O2. The first-order chi connectivity index (χ1) is 7.66. The van der Waals surface area contributed by atoms with Gasteiger partial charge in [-0.15, -0.1) is 0 Å². The van der Waals surface area contributed by atoms with Gasteiger partial charge in [-0.25, -0.2) is 8.78 Å². The minimum absolute atomic E-state index is 0.0568. The van der Waals surface area contributed by atoms with Crippen molar-refractivity contribution >= 4 is 0 Å². The van der Waals surface area contributed by atoms with E-state index in [9.17, 15) is 8.78 Å². The highest BCUT2D eigenvalue weighted by Gasteiger charge is 2.10. The number of hydrogen-bond acceptors (Lipinski definition) is 2. The largest absolute Gasteiger partial charge is 0.508 e. The Bertz CT molecular complexity index is 475. The fourth-order valence-electron chi connectivity index (χ4n) is 1.21. The van der Waals surface area contributed by atoms with Gasteiger partial charge in [0.05, 0.1) is 0 Å². The predicted octanol–water partition coefficient (Wildman–Crippen LogP) is 3.46. The summed E-state index contributed by atoms with van der Waals surface area (Å²) in [5.41, 5.74) is 0. The molecule has 0 fully saturated rings. The fraction of sp³-hybridized carbons (Fsp3) is 0. The van der Waals surface area contributed by atoms with Crippen molar-refractivity contribution in [2.45, 2.75) is 0 Å². The number of hydrogen-bond donors (Lipinski definition) is 1. The quantitative estimate of drug-likeness (QED) is 0.843. The fourth-order valence-corrected chi connectivity index (χ4v) is 1.21. The van der Waals surface area contributed by atoms with Crippen LogP contribution in [-0.4, -0.2) is 5.11 Å². The molecule has 4 heteroatoms. The number of para-hydroxylation sites is 1. The van der Waals surface area contributed by atoms with Crippen LogP contribution in [0, 0.1) is 11.6 Å². The lowest BCUT2D eigenvalue weighted by atomic mass is 10.3. The topological polar surface area (TPSA) is 29.5 Å². The Morgan fingerprint density at radius 2 is 1.44 bits per heavy atom. The number of aromatic hydroxyl groups is 1. The lowest BCUT2D eigenvalue weighted by molar-refractivity contribution is 0.406. The van der Waals surface area contributed by atoms with Crippen LogP contribution >= 0.6 is 0 Å². The van der Waals surface area contributed by atoms with Crippen molar-refractivity contribution in [1.29, 1.82) is 0 Å². The maximum absolute atomic E-state index is 13.2. The van der Waals surface area contributed by atoms with Gasteiger partial charge in [0.25, 0.3) is 0 Å². The van der Waals surface area contributed by atoms with Crippen LogP contribution < -0.4 is 4.74 Å². The number of phenols is 1. The van der Waals surface area contributed by atoms with Gasteiger partial charge in [0, 0.05) is 0 Å². The van der Waals surface area contributed by atoms with Crippen LogP contribution in [0.15, 0.2) is 42.5 Å². The van der Waals surface area contributed by atoms with E-state index in [0.717, 1.165) is 12.1 Å². The third kappa shape index (κ3) is 2.11. The first-order valence-corrected chi connectivity index (χ1v) is 4.58. The lowest BCUT2D eigenvalue weighted by Gasteiger charge is -2.07. The minimum atomic E-state index is -0.770. The molecule has 0 aliphatic carbocycles. The average Bonchev–Trinajstić information content (AvgIpc) is 2.26. The highest BCUT2D eigenvalue weighted by molar-refractivity contribution is 5.35. The van der Waals surface area contributed by atoms with Gasteiger partial charge in [-0.1, -0.05) is 6.07 Å². The number of phenolic OH excluding ortho intramolecular Hbond substituents is 1. The molecule has 0 amide bonds. The highest BCUT2D eigenvalue weighted by atomic mass is 19.1. The number of rotatable bonds is 2. The first kappa shape index (κ1) is 10.4. The van der Waals surface area contributed by atoms with E-state index in [2.05, 4.69) is 0 Å². The Balaban J connectivity index is 2.30. The summed E-state index contributed by atoms with van der Waals surface area (Å²) < 4.78 is 31.4. The normalized spacial score (nSPS) is 10.1. The van der Waals surface area contributed by atoms with Crippen LogP contribution in [0.2, 0.25) is 0 Å². The van der Waals surface area contributed by atoms with Gasteiger partial charge in [0.15, 0.2) is 17.4 Å². The number of ether oxygens (including phenoxy) is 1. The van der Waals surface area contributed by atoms with Gasteiger partial charge in [0.2, 0.25) is 0 Å². The molecular weight excluding hydrogens is 214 g/mol. The Labute approximate surface area is 90.7 Å². The van der Waals surface area contributed by atoms with Crippen molar-refractivity contribution in [3.8, 4) is 17.2 Å². The molecule has 82 valence electrons. The summed E-state index contributed by atoms with van der Waals surface area (Å²) in [5, 5.41) is 9.03. The van der Waals surface area contributed by atoms with Crippen molar-refractivity contribution in [1.82, 2.24) is 0 Å². The van der Waals surface area contributed by atoms with E-state index >= 15 is 0 Å². The minimum Gasteiger partial charge on any atom is -0.508 e. The van der Waals surface area contributed by atoms with E-state index in [-0.39, 0.29) is 11.5 Å². The van der Waals surface area contributed by atoms with Crippen molar-refractivity contribution in [3.05, 3.63) is 54.1 Å². The lowest BCUT2D eigenvalue weighted by Crippen LogP contribution is -1.91. The standard InChI is InChI=1S/C12H8F2O2/c13-10-2-1-3-11(14)12(10)16-9-6-4-8(15)5-7-9/h1-7,15H. The van der Waals surface area contributed by atoms with Gasteiger partial charge in [-0.3, -0.25) is 0 Å². The van der Waals surface area contributed by atoms with Gasteiger partial charge in [-0.2, -0.15) is 0 Å². The van der Waals surface area contributed by atoms with Crippen molar-refractivity contribution < 1.29 is 18.6 Å². The van der Waals surface area contributed by atoms with Crippen molar-refractivity contribution in [2.24, 2.45) is 0 Å². The molecule has 2 aromatic rings. The van der Waals surface area contributed by atoms with Crippen LogP contribution in [0.3, 0.4) is 0 Å². The molecule has 0 saturated carbocycles. The predicted molar refractivity (Wildman–Crippen MR) is 54.5 cm³/mol. The maximum Gasteiger partial charge on any atom is 0.198 e. The SMILES string of the molecule is Oc1ccc(Oc2c(F)cccc2F)cc1. The summed E-state index contributed by atoms with van der Waals surface area (Å²) in [6, 6.07) is 9.05. The van der Waals surface area contributed by atoms with Crippen LogP contribution in [0.4, 0.5) is 8.78 Å². The Kier molecular flexibility index (Phi) is 2.72. The average molecular weight is 222 g/mol. The Hall–Kier alpha value is -2.10. The van der Waals surface area contributed by atoms with Crippen LogP contribution in [0.1, 0.15) is 0 Å². The zero-order valence-corrected chi connectivity index (χ0v) is 8.15. The number of halogens is 2. The summed E-state index contributed by atoms with van der Waals surface area (Å²) in [4.78, 5) is 0. The van der Waals surface area contributed by atoms with Crippen LogP contribution in [0.25, 0.3) is 0 Å². The van der Waals surface area contributed by atoms with Crippen molar-refractivity contribution in [3.63, 3.8) is 0 Å². The zero-order chi connectivity index (χ0) is 11.5. The van der Waals surface area contributed by atoms with E-state index in [4.69, 9.17) is 9.84 Å². The molecule has 2 aromatic carbocycles. The molecule has 0 atom stereocenters. The second kappa shape index (κ2) is 4.18. The second-order valence-electron chi connectivity index (χ2n) is 3.15. The molecule has 0 heterocycles. The summed E-state index contributed by atoms with van der Waals surface area (Å²) in [6.45, 7) is 0. The Morgan fingerprint density at radius 1 is 0.875 bits per heavy atom. The molecule has 0 aromatic heterocycles. The molecule has 0 radical (unpaired) electrons. The second-order valence-corrected chi connectivity index (χ2v) is 3.15. The molecule has 0 aliphatic rings. The maximum atomic E-state index is 13.2. The molecule has 2 nitrogen and oxygen atoms in total. The highest BCUT2D eigenvalue weighted by Crippen LogP contribution is 2.28. The zero-order valence-electron chi connectivity index (χ0n) is 8.15. The number of benzene rings is 2. The van der Waals surface area contributed by atoms with Gasteiger partial charge < -0.3 is 9.84 Å². The van der Waals surface area contributed by atoms with E-state index in [1.165, 1.54) is 30.3 Å². The first-order valence-electron chi connectivity index (χ1n) is 4.58. The summed E-state index contributed by atoms with van der Waals surface area (Å²) in [5.74, 6) is -1.68. The summed E-state index contributed by atoms with van der Waals surface area (Å²) >= 11 is 0. The third-order valence-electron chi connectivity index (χ3n) is 1.98. The smallest absolute Gasteiger partial charge is 0.198 e. The summed E-state index contributed by atoms with van der Waals surface area (Å²) in [7, 11) is 0. The molecule has 2 rings (SSSR count). The van der Waals surface area contributed by atoms with Crippen molar-refractivity contribution in [2.75, 3.05) is 0 Å². The molecule has 16 heavy (non-hydrogen) atoms. The molecule has 0 bridgehead atoms. The monoisotopic (exact) mass is 222 g/mol. The summed E-state index contributed by atoms with van der Waals surface area (Å²) in [6.07, 6.45) is 0. The molecule has 0 aliphatic heterocycles. The molecule has 0 unspecified atom stereocenters. The van der Waals surface area contributed by atoms with E-state index in [1.807, 2.05) is 0 Å². The van der Waals surface area contributed by atoms with E-state index < -0.39 is 17.4 Å². The van der Waals surface area contributed by atoms with E-state index in [1.54, 1.807) is 0 Å².